The highest BCUT2D eigenvalue weighted by atomic mass is 35.5. The normalized spacial score (nSPS) is 14.0. The average molecular weight is 427 g/mol. The topological polar surface area (TPSA) is 69.8 Å². The number of hydrogen-bond donors (Lipinski definition) is 3. The van der Waals surface area contributed by atoms with Crippen LogP contribution in [0.5, 0.6) is 0 Å². The Balaban J connectivity index is 0.00000256. The Morgan fingerprint density at radius 2 is 1.70 bits per heavy atom. The van der Waals surface area contributed by atoms with E-state index < -0.39 is 0 Å². The fourth-order valence-corrected chi connectivity index (χ4v) is 4.21. The Morgan fingerprint density at radius 1 is 0.933 bits per heavy atom. The molecular formula is C24H31ClN4O. The van der Waals surface area contributed by atoms with E-state index in [-0.39, 0.29) is 18.0 Å². The van der Waals surface area contributed by atoms with Crippen LogP contribution in [-0.4, -0.2) is 29.3 Å². The van der Waals surface area contributed by atoms with Crippen LogP contribution < -0.4 is 16.2 Å². The number of halogens is 1. The fraction of sp³-hybridized carbons (Fsp3) is 0.417. The minimum atomic E-state index is -0.152. The van der Waals surface area contributed by atoms with Crippen LogP contribution in [0.15, 0.2) is 53.3 Å². The average Bonchev–Trinajstić information content (AvgIpc) is 3.27. The van der Waals surface area contributed by atoms with Gasteiger partial charge in [-0.1, -0.05) is 49.6 Å². The number of hydrogen-bond acceptors (Lipinski definition) is 4. The molecule has 1 saturated carbocycles. The second-order valence-electron chi connectivity index (χ2n) is 7.95. The third kappa shape index (κ3) is 5.61. The number of unbranched alkanes of at least 4 members (excludes halogenated alkanes) is 2. The molecule has 30 heavy (non-hydrogen) atoms. The summed E-state index contributed by atoms with van der Waals surface area (Å²) in [6.45, 7) is 2.11. The van der Waals surface area contributed by atoms with E-state index in [2.05, 4.69) is 33.0 Å². The highest BCUT2D eigenvalue weighted by Gasteiger charge is 2.13. The van der Waals surface area contributed by atoms with Gasteiger partial charge >= 0.3 is 0 Å². The van der Waals surface area contributed by atoms with Crippen LogP contribution in [0, 0.1) is 0 Å². The monoisotopic (exact) mass is 426 g/mol. The van der Waals surface area contributed by atoms with E-state index in [1.165, 1.54) is 38.5 Å². The number of rotatable bonds is 9. The number of nitrogens with one attached hydrogen (secondary N) is 3. The zero-order valence-corrected chi connectivity index (χ0v) is 18.1. The summed E-state index contributed by atoms with van der Waals surface area (Å²) in [7, 11) is 0. The zero-order valence-electron chi connectivity index (χ0n) is 17.3. The smallest absolute Gasteiger partial charge is 0.272 e. The zero-order chi connectivity index (χ0) is 19.9. The molecule has 1 aromatic heterocycles. The minimum absolute atomic E-state index is 0. The van der Waals surface area contributed by atoms with Crippen molar-refractivity contribution in [2.24, 2.45) is 0 Å². The van der Waals surface area contributed by atoms with Gasteiger partial charge in [0.2, 0.25) is 0 Å². The molecule has 2 aromatic carbocycles. The van der Waals surface area contributed by atoms with Crippen LogP contribution in [0.2, 0.25) is 0 Å². The van der Waals surface area contributed by atoms with Crippen LogP contribution in [-0.2, 0) is 0 Å². The lowest BCUT2D eigenvalue weighted by Gasteiger charge is -2.12. The summed E-state index contributed by atoms with van der Waals surface area (Å²) in [4.78, 5) is 12.0. The van der Waals surface area contributed by atoms with Gasteiger partial charge in [0.1, 0.15) is 0 Å². The second kappa shape index (κ2) is 11.1. The summed E-state index contributed by atoms with van der Waals surface area (Å²) in [5.41, 5.74) is 2.75. The molecule has 1 heterocycles. The number of nitrogens with zero attached hydrogens (tertiary/aromatic N) is 1. The van der Waals surface area contributed by atoms with Crippen LogP contribution in [0.25, 0.3) is 22.0 Å². The van der Waals surface area contributed by atoms with Gasteiger partial charge in [-0.3, -0.25) is 4.79 Å². The van der Waals surface area contributed by atoms with Crippen molar-refractivity contribution in [3.63, 3.8) is 0 Å². The molecule has 0 saturated heterocycles. The Labute approximate surface area is 184 Å². The molecule has 6 heteroatoms. The van der Waals surface area contributed by atoms with Gasteiger partial charge in [0.15, 0.2) is 0 Å². The summed E-state index contributed by atoms with van der Waals surface area (Å²) >= 11 is 0. The van der Waals surface area contributed by atoms with Crippen LogP contribution in [0.4, 0.5) is 5.69 Å². The fourth-order valence-electron chi connectivity index (χ4n) is 4.21. The van der Waals surface area contributed by atoms with E-state index in [1.807, 2.05) is 36.4 Å². The van der Waals surface area contributed by atoms with Crippen molar-refractivity contribution in [3.05, 3.63) is 58.9 Å². The molecule has 160 valence electrons. The standard InChI is InChI=1S/C24H30N4O.ClH/c29-24-22-14-5-4-13-21(22)23(27-28-24)18-9-8-12-20(17-18)26-16-7-1-6-15-25-19-10-2-3-11-19;/h4-5,8-9,12-14,17,19,25-26H,1-3,6-7,10-11,15-16H2,(H,28,29);1H. The van der Waals surface area contributed by atoms with E-state index >= 15 is 0 Å². The van der Waals surface area contributed by atoms with Crippen molar-refractivity contribution in [2.75, 3.05) is 18.4 Å². The van der Waals surface area contributed by atoms with Crippen molar-refractivity contribution < 1.29 is 0 Å². The molecular weight excluding hydrogens is 396 g/mol. The van der Waals surface area contributed by atoms with Gasteiger partial charge in [-0.2, -0.15) is 5.10 Å². The van der Waals surface area contributed by atoms with Gasteiger partial charge in [-0.25, -0.2) is 5.10 Å². The lowest BCUT2D eigenvalue weighted by Crippen LogP contribution is -2.26. The summed E-state index contributed by atoms with van der Waals surface area (Å²) in [6, 6.07) is 16.6. The third-order valence-electron chi connectivity index (χ3n) is 5.80. The lowest BCUT2D eigenvalue weighted by atomic mass is 10.0. The molecule has 0 aliphatic heterocycles. The Morgan fingerprint density at radius 3 is 2.53 bits per heavy atom. The molecule has 3 aromatic rings. The van der Waals surface area contributed by atoms with Crippen molar-refractivity contribution in [1.82, 2.24) is 15.5 Å². The minimum Gasteiger partial charge on any atom is -0.385 e. The van der Waals surface area contributed by atoms with Crippen LogP contribution in [0.1, 0.15) is 44.9 Å². The van der Waals surface area contributed by atoms with Crippen molar-refractivity contribution in [1.29, 1.82) is 0 Å². The number of benzene rings is 2. The van der Waals surface area contributed by atoms with Gasteiger partial charge in [0, 0.05) is 29.2 Å². The Hall–Kier alpha value is -2.37. The summed E-state index contributed by atoms with van der Waals surface area (Å²) in [6.07, 6.45) is 9.14. The summed E-state index contributed by atoms with van der Waals surface area (Å²) in [5.74, 6) is 0. The Bertz CT molecular complexity index is 998. The number of fused-ring (bicyclic) bond motifs is 1. The van der Waals surface area contributed by atoms with Crippen LogP contribution >= 0.6 is 12.4 Å². The van der Waals surface area contributed by atoms with E-state index in [4.69, 9.17) is 0 Å². The molecule has 0 unspecified atom stereocenters. The molecule has 1 aliphatic carbocycles. The first-order valence-electron chi connectivity index (χ1n) is 10.9. The molecule has 0 atom stereocenters. The highest BCUT2D eigenvalue weighted by Crippen LogP contribution is 2.26. The van der Waals surface area contributed by atoms with Gasteiger partial charge in [0.25, 0.3) is 5.56 Å². The van der Waals surface area contributed by atoms with Gasteiger partial charge in [-0.15, -0.1) is 12.4 Å². The highest BCUT2D eigenvalue weighted by molar-refractivity contribution is 5.94. The van der Waals surface area contributed by atoms with Gasteiger partial charge in [-0.05, 0) is 50.4 Å². The number of anilines is 1. The molecule has 0 amide bonds. The second-order valence-corrected chi connectivity index (χ2v) is 7.95. The van der Waals surface area contributed by atoms with Crippen molar-refractivity contribution >= 4 is 28.9 Å². The van der Waals surface area contributed by atoms with E-state index in [0.29, 0.717) is 5.39 Å². The SMILES string of the molecule is Cl.O=c1[nH]nc(-c2cccc(NCCCCCNC3CCCC3)c2)c2ccccc12. The Kier molecular flexibility index (Phi) is 8.29. The molecule has 0 bridgehead atoms. The van der Waals surface area contributed by atoms with Crippen molar-refractivity contribution in [2.45, 2.75) is 51.0 Å². The van der Waals surface area contributed by atoms with Crippen molar-refractivity contribution in [3.8, 4) is 11.3 Å². The van der Waals surface area contributed by atoms with Gasteiger partial charge < -0.3 is 10.6 Å². The first kappa shape index (κ1) is 22.3. The molecule has 5 nitrogen and oxygen atoms in total. The third-order valence-corrected chi connectivity index (χ3v) is 5.80. The van der Waals surface area contributed by atoms with Crippen LogP contribution in [0.3, 0.4) is 0 Å². The maximum absolute atomic E-state index is 12.0. The quantitative estimate of drug-likeness (QED) is 0.415. The maximum atomic E-state index is 12.0. The maximum Gasteiger partial charge on any atom is 0.272 e. The molecule has 1 fully saturated rings. The molecule has 0 radical (unpaired) electrons. The first-order valence-corrected chi connectivity index (χ1v) is 10.9. The predicted molar refractivity (Wildman–Crippen MR) is 128 cm³/mol. The summed E-state index contributed by atoms with van der Waals surface area (Å²) < 4.78 is 0. The molecule has 4 rings (SSSR count). The number of aromatic nitrogens is 2. The molecule has 3 N–H and O–H groups in total. The van der Waals surface area contributed by atoms with E-state index in [1.54, 1.807) is 0 Å². The molecule has 0 spiro atoms. The lowest BCUT2D eigenvalue weighted by molar-refractivity contribution is 0.505. The first-order chi connectivity index (χ1) is 14.3. The molecule has 1 aliphatic rings. The number of aromatic amines is 1. The number of H-pyrrole nitrogens is 1. The van der Waals surface area contributed by atoms with E-state index in [0.717, 1.165) is 47.9 Å². The predicted octanol–water partition coefficient (Wildman–Crippen LogP) is 5.13. The van der Waals surface area contributed by atoms with E-state index in [9.17, 15) is 4.79 Å². The van der Waals surface area contributed by atoms with Gasteiger partial charge in [0.05, 0.1) is 11.1 Å². The summed E-state index contributed by atoms with van der Waals surface area (Å²) in [5, 5.41) is 15.7. The largest absolute Gasteiger partial charge is 0.385 e.